The summed E-state index contributed by atoms with van der Waals surface area (Å²) in [4.78, 5) is 0. The molecule has 0 saturated heterocycles. The molecule has 0 aromatic carbocycles. The van der Waals surface area contributed by atoms with E-state index in [2.05, 4.69) is 18.6 Å². The fourth-order valence-electron chi connectivity index (χ4n) is 1.26. The van der Waals surface area contributed by atoms with Crippen molar-refractivity contribution in [2.45, 2.75) is 39.7 Å². The maximum Gasteiger partial charge on any atom is 0.211 e. The summed E-state index contributed by atoms with van der Waals surface area (Å²) in [6.07, 6.45) is 1.48. The maximum absolute atomic E-state index is 11.3. The normalized spacial score (nSPS) is 14.6. The third-order valence-corrected chi connectivity index (χ3v) is 3.36. The van der Waals surface area contributed by atoms with E-state index in [0.717, 1.165) is 6.42 Å². The van der Waals surface area contributed by atoms with E-state index in [1.165, 1.54) is 0 Å². The number of nitrogens with two attached hydrogens (primary N) is 1. The van der Waals surface area contributed by atoms with Crippen LogP contribution in [-0.2, 0) is 10.0 Å². The summed E-state index contributed by atoms with van der Waals surface area (Å²) in [5.74, 6) is 0.683. The first-order valence-corrected chi connectivity index (χ1v) is 6.75. The van der Waals surface area contributed by atoms with Gasteiger partial charge in [-0.05, 0) is 18.8 Å². The Labute approximate surface area is 87.3 Å². The van der Waals surface area contributed by atoms with Crippen molar-refractivity contribution < 1.29 is 8.42 Å². The van der Waals surface area contributed by atoms with Crippen LogP contribution in [0.25, 0.3) is 0 Å². The zero-order valence-corrected chi connectivity index (χ0v) is 10.1. The van der Waals surface area contributed by atoms with Crippen molar-refractivity contribution in [3.63, 3.8) is 0 Å². The molecule has 4 nitrogen and oxygen atoms in total. The zero-order chi connectivity index (χ0) is 11.2. The number of hydrogen-bond acceptors (Lipinski definition) is 3. The lowest BCUT2D eigenvalue weighted by Gasteiger charge is -2.14. The van der Waals surface area contributed by atoms with Gasteiger partial charge >= 0.3 is 0 Å². The fraction of sp³-hybridized carbons (Fsp3) is 1.00. The Balaban J connectivity index is 3.82. The minimum Gasteiger partial charge on any atom is -0.327 e. The van der Waals surface area contributed by atoms with Crippen molar-refractivity contribution in [1.82, 2.24) is 4.72 Å². The van der Waals surface area contributed by atoms with Crippen LogP contribution in [0.3, 0.4) is 0 Å². The van der Waals surface area contributed by atoms with E-state index in [9.17, 15) is 8.42 Å². The molecule has 1 unspecified atom stereocenters. The highest BCUT2D eigenvalue weighted by Crippen LogP contribution is 2.02. The minimum absolute atomic E-state index is 0.0818. The van der Waals surface area contributed by atoms with E-state index in [0.29, 0.717) is 18.9 Å². The first-order chi connectivity index (χ1) is 6.37. The predicted octanol–water partition coefficient (Wildman–Crippen LogP) is 0.689. The molecule has 0 bridgehead atoms. The number of rotatable bonds is 7. The third kappa shape index (κ3) is 7.29. The highest BCUT2D eigenvalue weighted by atomic mass is 32.2. The van der Waals surface area contributed by atoms with E-state index < -0.39 is 10.0 Å². The Morgan fingerprint density at radius 1 is 1.36 bits per heavy atom. The molecule has 0 aromatic rings. The molecular formula is C9H22N2O2S. The van der Waals surface area contributed by atoms with Gasteiger partial charge in [0.15, 0.2) is 0 Å². The topological polar surface area (TPSA) is 72.2 Å². The van der Waals surface area contributed by atoms with Crippen LogP contribution in [0.1, 0.15) is 33.6 Å². The Hall–Kier alpha value is -0.130. The van der Waals surface area contributed by atoms with E-state index in [-0.39, 0.29) is 11.8 Å². The molecule has 0 radical (unpaired) electrons. The molecular weight excluding hydrogens is 200 g/mol. The SMILES string of the molecule is CCCS(=O)(=O)NCC(N)CC(C)C. The molecule has 5 heteroatoms. The van der Waals surface area contributed by atoms with Gasteiger partial charge in [-0.25, -0.2) is 13.1 Å². The molecule has 0 amide bonds. The Kier molecular flexibility index (Phi) is 6.31. The van der Waals surface area contributed by atoms with Crippen LogP contribution in [0.5, 0.6) is 0 Å². The average molecular weight is 222 g/mol. The molecule has 0 aliphatic carbocycles. The molecule has 0 aliphatic heterocycles. The first-order valence-electron chi connectivity index (χ1n) is 5.10. The highest BCUT2D eigenvalue weighted by Gasteiger charge is 2.11. The van der Waals surface area contributed by atoms with Crippen LogP contribution >= 0.6 is 0 Å². The summed E-state index contributed by atoms with van der Waals surface area (Å²) in [6.45, 7) is 6.33. The number of sulfonamides is 1. The van der Waals surface area contributed by atoms with Crippen LogP contribution in [0.2, 0.25) is 0 Å². The molecule has 0 fully saturated rings. The van der Waals surface area contributed by atoms with E-state index in [4.69, 9.17) is 5.73 Å². The minimum atomic E-state index is -3.09. The molecule has 0 rings (SSSR count). The molecule has 0 heterocycles. The summed E-state index contributed by atoms with van der Waals surface area (Å²) in [5.41, 5.74) is 5.75. The Morgan fingerprint density at radius 2 is 1.93 bits per heavy atom. The van der Waals surface area contributed by atoms with Gasteiger partial charge in [-0.15, -0.1) is 0 Å². The van der Waals surface area contributed by atoms with Crippen molar-refractivity contribution in [3.8, 4) is 0 Å². The van der Waals surface area contributed by atoms with Crippen molar-refractivity contribution in [1.29, 1.82) is 0 Å². The molecule has 1 atom stereocenters. The molecule has 0 spiro atoms. The van der Waals surface area contributed by atoms with Gasteiger partial charge in [-0.1, -0.05) is 20.8 Å². The van der Waals surface area contributed by atoms with Gasteiger partial charge in [0.2, 0.25) is 10.0 Å². The summed E-state index contributed by atoms with van der Waals surface area (Å²) >= 11 is 0. The van der Waals surface area contributed by atoms with Crippen LogP contribution in [0.4, 0.5) is 0 Å². The lowest BCUT2D eigenvalue weighted by atomic mass is 10.1. The van der Waals surface area contributed by atoms with Crippen molar-refractivity contribution >= 4 is 10.0 Å². The van der Waals surface area contributed by atoms with Crippen molar-refractivity contribution in [3.05, 3.63) is 0 Å². The summed E-state index contributed by atoms with van der Waals surface area (Å²) in [5, 5.41) is 0. The summed E-state index contributed by atoms with van der Waals surface area (Å²) < 4.78 is 25.0. The van der Waals surface area contributed by atoms with Gasteiger partial charge in [0.1, 0.15) is 0 Å². The number of hydrogen-bond donors (Lipinski definition) is 2. The highest BCUT2D eigenvalue weighted by molar-refractivity contribution is 7.89. The smallest absolute Gasteiger partial charge is 0.211 e. The van der Waals surface area contributed by atoms with Crippen molar-refractivity contribution in [2.75, 3.05) is 12.3 Å². The second-order valence-corrected chi connectivity index (χ2v) is 5.98. The Morgan fingerprint density at radius 3 is 2.36 bits per heavy atom. The third-order valence-electron chi connectivity index (χ3n) is 1.81. The molecule has 3 N–H and O–H groups in total. The van der Waals surface area contributed by atoms with Gasteiger partial charge < -0.3 is 5.73 Å². The zero-order valence-electron chi connectivity index (χ0n) is 9.29. The Bertz CT molecular complexity index is 237. The molecule has 0 saturated carbocycles. The van der Waals surface area contributed by atoms with Gasteiger partial charge in [0, 0.05) is 12.6 Å². The first kappa shape index (κ1) is 13.9. The van der Waals surface area contributed by atoms with E-state index >= 15 is 0 Å². The summed E-state index contributed by atoms with van der Waals surface area (Å²) in [7, 11) is -3.09. The van der Waals surface area contributed by atoms with Crippen LogP contribution in [0, 0.1) is 5.92 Å². The monoisotopic (exact) mass is 222 g/mol. The van der Waals surface area contributed by atoms with Gasteiger partial charge in [0.25, 0.3) is 0 Å². The lowest BCUT2D eigenvalue weighted by Crippen LogP contribution is -2.38. The second-order valence-electron chi connectivity index (χ2n) is 4.06. The van der Waals surface area contributed by atoms with Gasteiger partial charge in [0.05, 0.1) is 5.75 Å². The molecule has 14 heavy (non-hydrogen) atoms. The average Bonchev–Trinajstić information content (AvgIpc) is 2.00. The predicted molar refractivity (Wildman–Crippen MR) is 59.5 cm³/mol. The standard InChI is InChI=1S/C9H22N2O2S/c1-4-5-14(12,13)11-7-9(10)6-8(2)3/h8-9,11H,4-7,10H2,1-3H3. The van der Waals surface area contributed by atoms with Crippen LogP contribution in [0.15, 0.2) is 0 Å². The quantitative estimate of drug-likeness (QED) is 0.665. The maximum atomic E-state index is 11.3. The molecule has 0 aliphatic rings. The van der Waals surface area contributed by atoms with Crippen LogP contribution < -0.4 is 10.5 Å². The summed E-state index contributed by atoms with van der Waals surface area (Å²) in [6, 6.07) is -0.0818. The van der Waals surface area contributed by atoms with Crippen LogP contribution in [-0.4, -0.2) is 26.8 Å². The molecule has 86 valence electrons. The van der Waals surface area contributed by atoms with Gasteiger partial charge in [-0.3, -0.25) is 0 Å². The fourth-order valence-corrected chi connectivity index (χ4v) is 2.41. The molecule has 0 aromatic heterocycles. The second kappa shape index (κ2) is 6.37. The van der Waals surface area contributed by atoms with E-state index in [1.54, 1.807) is 0 Å². The number of nitrogens with one attached hydrogen (secondary N) is 1. The van der Waals surface area contributed by atoms with Gasteiger partial charge in [-0.2, -0.15) is 0 Å². The largest absolute Gasteiger partial charge is 0.327 e. The van der Waals surface area contributed by atoms with Crippen molar-refractivity contribution in [2.24, 2.45) is 11.7 Å². The lowest BCUT2D eigenvalue weighted by molar-refractivity contribution is 0.485. The van der Waals surface area contributed by atoms with E-state index in [1.807, 2.05) is 6.92 Å².